The number of rotatable bonds is 11. The predicted octanol–water partition coefficient (Wildman–Crippen LogP) is 5.62. The SMILES string of the molecule is COc1cc(C(=O)O)cc2c1nc(Cc1cc(F)c(-c3cccc(OCc4ccc(-n5cncn5)cc4)n3)cc1F)n2C[C@@H]1CCO1. The number of hydrogen-bond donors (Lipinski definition) is 1. The summed E-state index contributed by atoms with van der Waals surface area (Å²) in [5, 5.41) is 13.7. The molecule has 0 unspecified atom stereocenters. The Morgan fingerprint density at radius 2 is 1.89 bits per heavy atom. The second kappa shape index (κ2) is 12.6. The first-order chi connectivity index (χ1) is 22.9. The number of hydrogen-bond acceptors (Lipinski definition) is 8. The average molecular weight is 639 g/mol. The van der Waals surface area contributed by atoms with E-state index >= 15 is 8.78 Å². The Morgan fingerprint density at radius 3 is 2.60 bits per heavy atom. The summed E-state index contributed by atoms with van der Waals surface area (Å²) >= 11 is 0. The normalized spacial score (nSPS) is 14.2. The molecule has 1 atom stereocenters. The monoisotopic (exact) mass is 638 g/mol. The number of methoxy groups -OCH3 is 1. The van der Waals surface area contributed by atoms with Crippen LogP contribution in [-0.2, 0) is 24.3 Å². The number of nitrogens with zero attached hydrogens (tertiary/aromatic N) is 6. The van der Waals surface area contributed by atoms with Crippen LogP contribution in [-0.4, -0.2) is 60.2 Å². The molecular formula is C34H28F2N6O5. The quantitative estimate of drug-likeness (QED) is 0.192. The van der Waals surface area contributed by atoms with E-state index in [1.54, 1.807) is 33.8 Å². The van der Waals surface area contributed by atoms with Crippen LogP contribution < -0.4 is 9.47 Å². The summed E-state index contributed by atoms with van der Waals surface area (Å²) < 4.78 is 51.6. The van der Waals surface area contributed by atoms with Crippen LogP contribution in [0.15, 0.2) is 79.4 Å². The molecule has 11 nitrogen and oxygen atoms in total. The smallest absolute Gasteiger partial charge is 0.335 e. The van der Waals surface area contributed by atoms with E-state index in [1.165, 1.54) is 25.6 Å². The molecule has 0 saturated carbocycles. The Balaban J connectivity index is 1.13. The lowest BCUT2D eigenvalue weighted by molar-refractivity contribution is -0.0589. The van der Waals surface area contributed by atoms with E-state index in [1.807, 2.05) is 24.3 Å². The molecule has 4 heterocycles. The van der Waals surface area contributed by atoms with Crippen molar-refractivity contribution in [3.8, 4) is 28.6 Å². The van der Waals surface area contributed by atoms with Crippen molar-refractivity contribution >= 4 is 17.0 Å². The number of pyridine rings is 1. The molecular weight excluding hydrogens is 610 g/mol. The maximum Gasteiger partial charge on any atom is 0.335 e. The predicted molar refractivity (Wildman–Crippen MR) is 166 cm³/mol. The molecule has 0 spiro atoms. The zero-order valence-corrected chi connectivity index (χ0v) is 25.1. The first kappa shape index (κ1) is 30.0. The van der Waals surface area contributed by atoms with Crippen LogP contribution in [0.1, 0.15) is 33.7 Å². The maximum atomic E-state index is 15.6. The van der Waals surface area contributed by atoms with E-state index in [9.17, 15) is 9.90 Å². The van der Waals surface area contributed by atoms with Gasteiger partial charge < -0.3 is 23.9 Å². The summed E-state index contributed by atoms with van der Waals surface area (Å²) in [6.45, 7) is 1.22. The van der Waals surface area contributed by atoms with Crippen molar-refractivity contribution in [3.05, 3.63) is 114 Å². The lowest BCUT2D eigenvalue weighted by atomic mass is 10.0. The molecule has 1 fully saturated rings. The van der Waals surface area contributed by atoms with Gasteiger partial charge in [-0.2, -0.15) is 5.10 Å². The van der Waals surface area contributed by atoms with Gasteiger partial charge in [0.05, 0.1) is 42.2 Å². The van der Waals surface area contributed by atoms with Gasteiger partial charge in [-0.15, -0.1) is 0 Å². The van der Waals surface area contributed by atoms with Crippen molar-refractivity contribution in [1.82, 2.24) is 29.3 Å². The second-order valence-electron chi connectivity index (χ2n) is 11.0. The van der Waals surface area contributed by atoms with Gasteiger partial charge in [0, 0.05) is 24.7 Å². The van der Waals surface area contributed by atoms with Crippen LogP contribution in [0, 0.1) is 11.6 Å². The summed E-state index contributed by atoms with van der Waals surface area (Å²) in [7, 11) is 1.43. The average Bonchev–Trinajstić information content (AvgIpc) is 3.72. The zero-order chi connectivity index (χ0) is 32.5. The third-order valence-electron chi connectivity index (χ3n) is 8.04. The minimum Gasteiger partial charge on any atom is -0.494 e. The number of aromatic nitrogens is 6. The number of imidazole rings is 1. The number of carbonyl (C=O) groups is 1. The Hall–Kier alpha value is -5.69. The van der Waals surface area contributed by atoms with Gasteiger partial charge >= 0.3 is 5.97 Å². The summed E-state index contributed by atoms with van der Waals surface area (Å²) in [5.41, 5.74) is 2.98. The van der Waals surface area contributed by atoms with E-state index in [4.69, 9.17) is 14.2 Å². The summed E-state index contributed by atoms with van der Waals surface area (Å²) in [6.07, 6.45) is 3.72. The molecule has 1 N–H and O–H groups in total. The summed E-state index contributed by atoms with van der Waals surface area (Å²) in [4.78, 5) is 24.8. The number of halogens is 2. The van der Waals surface area contributed by atoms with Gasteiger partial charge in [0.25, 0.3) is 0 Å². The Kier molecular flexibility index (Phi) is 8.04. The van der Waals surface area contributed by atoms with Crippen molar-refractivity contribution in [1.29, 1.82) is 0 Å². The van der Waals surface area contributed by atoms with Crippen LogP contribution in [0.5, 0.6) is 11.6 Å². The third-order valence-corrected chi connectivity index (χ3v) is 8.04. The van der Waals surface area contributed by atoms with Crippen molar-refractivity contribution in [2.45, 2.75) is 32.1 Å². The maximum absolute atomic E-state index is 15.6. The molecule has 47 heavy (non-hydrogen) atoms. The standard InChI is InChI=1S/C34H28F2N6O5/c1-45-30-13-22(34(43)44)12-29-33(30)40-31(41(29)16-24-9-10-46-24)14-21-11-27(36)25(15-26(21)35)28-3-2-4-32(39-28)47-17-20-5-7-23(8-6-20)42-19-37-18-38-42/h2-8,11-13,15,18-19,24H,9-10,14,16-17H2,1H3,(H,43,44)/t24-/m0/s1. The van der Waals surface area contributed by atoms with Gasteiger partial charge in [0.1, 0.15) is 48.0 Å². The van der Waals surface area contributed by atoms with E-state index in [0.717, 1.165) is 29.8 Å². The molecule has 0 radical (unpaired) electrons. The summed E-state index contributed by atoms with van der Waals surface area (Å²) in [6, 6.07) is 17.6. The lowest BCUT2D eigenvalue weighted by Crippen LogP contribution is -2.31. The largest absolute Gasteiger partial charge is 0.494 e. The van der Waals surface area contributed by atoms with Gasteiger partial charge in [-0.05, 0) is 60.0 Å². The first-order valence-electron chi connectivity index (χ1n) is 14.8. The van der Waals surface area contributed by atoms with Gasteiger partial charge in [-0.1, -0.05) is 18.2 Å². The highest BCUT2D eigenvalue weighted by Crippen LogP contribution is 2.32. The molecule has 13 heteroatoms. The molecule has 3 aromatic carbocycles. The minimum absolute atomic E-state index is 0.0157. The van der Waals surface area contributed by atoms with Gasteiger partial charge in [-0.25, -0.2) is 33.2 Å². The number of ether oxygens (including phenoxy) is 3. The highest BCUT2D eigenvalue weighted by Gasteiger charge is 2.25. The molecule has 238 valence electrons. The Bertz CT molecular complexity index is 2080. The minimum atomic E-state index is -1.12. The topological polar surface area (TPSA) is 126 Å². The van der Waals surface area contributed by atoms with Crippen LogP contribution >= 0.6 is 0 Å². The number of aromatic carboxylic acids is 1. The van der Waals surface area contributed by atoms with Crippen molar-refractivity contribution in [2.24, 2.45) is 0 Å². The zero-order valence-electron chi connectivity index (χ0n) is 25.1. The number of benzene rings is 3. The van der Waals surface area contributed by atoms with Crippen LogP contribution in [0.25, 0.3) is 28.0 Å². The summed E-state index contributed by atoms with van der Waals surface area (Å²) in [5.74, 6) is -1.47. The molecule has 1 aliphatic rings. The van der Waals surface area contributed by atoms with E-state index in [2.05, 4.69) is 20.1 Å². The molecule has 7 rings (SSSR count). The number of fused-ring (bicyclic) bond motifs is 1. The van der Waals surface area contributed by atoms with Crippen LogP contribution in [0.3, 0.4) is 0 Å². The first-order valence-corrected chi connectivity index (χ1v) is 14.8. The second-order valence-corrected chi connectivity index (χ2v) is 11.0. The van der Waals surface area contributed by atoms with Crippen molar-refractivity contribution < 1.29 is 32.9 Å². The van der Waals surface area contributed by atoms with Crippen LogP contribution in [0.4, 0.5) is 8.78 Å². The molecule has 3 aromatic heterocycles. The van der Waals surface area contributed by atoms with E-state index in [0.29, 0.717) is 30.0 Å². The van der Waals surface area contributed by atoms with Gasteiger partial charge in [0.2, 0.25) is 5.88 Å². The fourth-order valence-electron chi connectivity index (χ4n) is 5.47. The van der Waals surface area contributed by atoms with Crippen LogP contribution in [0.2, 0.25) is 0 Å². The molecule has 1 aliphatic heterocycles. The van der Waals surface area contributed by atoms with Crippen molar-refractivity contribution in [3.63, 3.8) is 0 Å². The molecule has 0 bridgehead atoms. The van der Waals surface area contributed by atoms with Gasteiger partial charge in [0.15, 0.2) is 0 Å². The third kappa shape index (κ3) is 6.12. The van der Waals surface area contributed by atoms with Gasteiger partial charge in [-0.3, -0.25) is 0 Å². The molecule has 0 aliphatic carbocycles. The lowest BCUT2D eigenvalue weighted by Gasteiger charge is -2.27. The van der Waals surface area contributed by atoms with E-state index < -0.39 is 17.6 Å². The number of carboxylic acid groups (broad SMARTS) is 1. The molecule has 6 aromatic rings. The fourth-order valence-corrected chi connectivity index (χ4v) is 5.47. The Morgan fingerprint density at radius 1 is 1.06 bits per heavy atom. The highest BCUT2D eigenvalue weighted by molar-refractivity contribution is 5.95. The molecule has 1 saturated heterocycles. The highest BCUT2D eigenvalue weighted by atomic mass is 19.1. The number of carboxylic acids is 1. The fraction of sp³-hybridized carbons (Fsp3) is 0.206. The Labute approximate surface area is 267 Å². The molecule has 0 amide bonds. The van der Waals surface area contributed by atoms with Crippen molar-refractivity contribution in [2.75, 3.05) is 13.7 Å². The van der Waals surface area contributed by atoms with E-state index in [-0.39, 0.29) is 53.1 Å².